The van der Waals surface area contributed by atoms with E-state index in [0.717, 1.165) is 83.5 Å². The first-order valence-electron chi connectivity index (χ1n) is 29.0. The van der Waals surface area contributed by atoms with Gasteiger partial charge in [-0.15, -0.1) is 0 Å². The van der Waals surface area contributed by atoms with Crippen molar-refractivity contribution < 1.29 is 47.7 Å². The molecule has 2 N–H and O–H groups in total. The Balaban J connectivity index is 4.65. The van der Waals surface area contributed by atoms with Crippen molar-refractivity contribution >= 4 is 29.7 Å². The van der Waals surface area contributed by atoms with Crippen LogP contribution < -0.4 is 10.6 Å². The number of esters is 3. The maximum absolute atomic E-state index is 12.9. The summed E-state index contributed by atoms with van der Waals surface area (Å²) in [5, 5.41) is 5.51. The third-order valence-electron chi connectivity index (χ3n) is 12.6. The predicted molar refractivity (Wildman–Crippen MR) is 294 cm³/mol. The molecule has 0 aliphatic carbocycles. The van der Waals surface area contributed by atoms with Gasteiger partial charge >= 0.3 is 17.9 Å². The second kappa shape index (κ2) is 53.2. The molecule has 72 heavy (non-hydrogen) atoms. The van der Waals surface area contributed by atoms with Crippen LogP contribution in [0.25, 0.3) is 0 Å². The first-order valence-corrected chi connectivity index (χ1v) is 29.0. The number of carbonyl (C=O) groups is 5. The molecule has 0 saturated heterocycles. The molecule has 12 nitrogen and oxygen atoms in total. The minimum absolute atomic E-state index is 0.00834. The zero-order valence-corrected chi connectivity index (χ0v) is 46.5. The van der Waals surface area contributed by atoms with Crippen LogP contribution in [0.4, 0.5) is 0 Å². The van der Waals surface area contributed by atoms with Crippen LogP contribution in [0.15, 0.2) is 48.5 Å². The molecule has 0 aromatic carbocycles. The normalized spacial score (nSPS) is 12.0. The maximum Gasteiger partial charge on any atom is 0.344 e. The fourth-order valence-electron chi connectivity index (χ4n) is 8.00. The van der Waals surface area contributed by atoms with Crippen LogP contribution in [0.1, 0.15) is 258 Å². The largest absolute Gasteiger partial charge is 0.494 e. The summed E-state index contributed by atoms with van der Waals surface area (Å²) >= 11 is 0. The zero-order chi connectivity index (χ0) is 52.8. The predicted octanol–water partition coefficient (Wildman–Crippen LogP) is 14.9. The van der Waals surface area contributed by atoms with Gasteiger partial charge in [0.1, 0.15) is 19.8 Å². The van der Waals surface area contributed by atoms with Gasteiger partial charge < -0.3 is 34.3 Å². The summed E-state index contributed by atoms with van der Waals surface area (Å²) in [6, 6.07) is 0. The van der Waals surface area contributed by atoms with Gasteiger partial charge in [0.25, 0.3) is 0 Å². The van der Waals surface area contributed by atoms with Gasteiger partial charge in [-0.25, -0.2) is 4.79 Å². The summed E-state index contributed by atoms with van der Waals surface area (Å²) in [7, 11) is 1.62. The van der Waals surface area contributed by atoms with Crippen molar-refractivity contribution in [2.75, 3.05) is 40.0 Å². The number of ether oxygens (including phenoxy) is 5. The third kappa shape index (κ3) is 49.5. The first kappa shape index (κ1) is 67.9. The molecular weight excluding hydrogens is 909 g/mol. The molecule has 0 radical (unpaired) electrons. The molecule has 0 aromatic heterocycles. The Morgan fingerprint density at radius 2 is 0.917 bits per heavy atom. The van der Waals surface area contributed by atoms with Crippen LogP contribution in [-0.4, -0.2) is 75.8 Å². The Labute approximate surface area is 439 Å². The van der Waals surface area contributed by atoms with E-state index in [1.54, 1.807) is 20.0 Å². The number of amides is 2. The SMILES string of the molecule is C=C(CCCCCCCC=CCCCCCCCCC)OCC(=O)OC(COC(=O)CCOC(=O)CCCCCCCC=CCCCCCCCCC)COC(=CC)CCC(=O)NCCCCCC(=O)NC. The lowest BCUT2D eigenvalue weighted by Crippen LogP contribution is -2.31. The monoisotopic (exact) mass is 1010 g/mol. The molecule has 416 valence electrons. The van der Waals surface area contributed by atoms with E-state index < -0.39 is 18.0 Å². The van der Waals surface area contributed by atoms with Crippen LogP contribution in [0.3, 0.4) is 0 Å². The van der Waals surface area contributed by atoms with Gasteiger partial charge in [0.2, 0.25) is 11.8 Å². The van der Waals surface area contributed by atoms with Crippen molar-refractivity contribution in [3.05, 3.63) is 48.5 Å². The molecule has 0 spiro atoms. The van der Waals surface area contributed by atoms with Crippen LogP contribution in [0.5, 0.6) is 0 Å². The average Bonchev–Trinajstić information content (AvgIpc) is 3.37. The van der Waals surface area contributed by atoms with Crippen molar-refractivity contribution in [2.24, 2.45) is 0 Å². The summed E-state index contributed by atoms with van der Waals surface area (Å²) in [5.74, 6) is -0.672. The Hall–Kier alpha value is -4.09. The number of nitrogens with one attached hydrogen (secondary N) is 2. The summed E-state index contributed by atoms with van der Waals surface area (Å²) in [5.41, 5.74) is 0. The van der Waals surface area contributed by atoms with Gasteiger partial charge in [0.05, 0.1) is 17.9 Å². The molecule has 2 amide bonds. The summed E-state index contributed by atoms with van der Waals surface area (Å²) in [6.45, 7) is 9.97. The van der Waals surface area contributed by atoms with Gasteiger partial charge in [0.15, 0.2) is 12.7 Å². The summed E-state index contributed by atoms with van der Waals surface area (Å²) < 4.78 is 28.0. The highest BCUT2D eigenvalue weighted by Crippen LogP contribution is 2.16. The standard InChI is InChI=1S/C60H106N2O10/c1-6-9-11-13-15-17-19-21-23-25-27-29-31-33-35-38-42-53(4)69-52-60(67)72-55(50-70-54(8-3)45-46-57(64)62-48-41-37-39-43-56(63)61-5)51-71-59(66)47-49-68-58(65)44-40-36-34-32-30-28-26-24-22-20-18-16-14-12-10-7-2/h8,23-26,55H,4,6-7,9-22,27-52H2,1-3,5H3,(H,61,63)(H,62,64). The number of hydrogen-bond acceptors (Lipinski definition) is 10. The zero-order valence-electron chi connectivity index (χ0n) is 46.5. The molecule has 1 unspecified atom stereocenters. The highest BCUT2D eigenvalue weighted by atomic mass is 16.6. The molecule has 0 aromatic rings. The van der Waals surface area contributed by atoms with E-state index >= 15 is 0 Å². The molecule has 0 aliphatic rings. The molecule has 0 aliphatic heterocycles. The first-order chi connectivity index (χ1) is 35.1. The highest BCUT2D eigenvalue weighted by molar-refractivity contribution is 5.76. The minimum Gasteiger partial charge on any atom is -0.494 e. The van der Waals surface area contributed by atoms with Crippen molar-refractivity contribution in [1.82, 2.24) is 10.6 Å². The molecule has 0 heterocycles. The van der Waals surface area contributed by atoms with E-state index in [9.17, 15) is 24.0 Å². The fraction of sp³-hybridized carbons (Fsp3) is 0.783. The van der Waals surface area contributed by atoms with E-state index in [1.807, 2.05) is 0 Å². The van der Waals surface area contributed by atoms with E-state index in [1.165, 1.54) is 116 Å². The van der Waals surface area contributed by atoms with Crippen molar-refractivity contribution in [2.45, 2.75) is 264 Å². The molecule has 0 saturated carbocycles. The lowest BCUT2D eigenvalue weighted by molar-refractivity contribution is -0.165. The fourth-order valence-corrected chi connectivity index (χ4v) is 8.00. The lowest BCUT2D eigenvalue weighted by atomic mass is 10.1. The summed E-state index contributed by atoms with van der Waals surface area (Å²) in [6.07, 6.45) is 48.2. The van der Waals surface area contributed by atoms with Crippen molar-refractivity contribution in [1.29, 1.82) is 0 Å². The Morgan fingerprint density at radius 3 is 1.44 bits per heavy atom. The van der Waals surface area contributed by atoms with Crippen molar-refractivity contribution in [3.63, 3.8) is 0 Å². The van der Waals surface area contributed by atoms with Gasteiger partial charge in [-0.2, -0.15) is 0 Å². The quantitative estimate of drug-likeness (QED) is 0.0198. The maximum atomic E-state index is 12.9. The van der Waals surface area contributed by atoms with Crippen LogP contribution in [0.2, 0.25) is 0 Å². The Kier molecular flexibility index (Phi) is 50.2. The van der Waals surface area contributed by atoms with Crippen LogP contribution in [-0.2, 0) is 47.7 Å². The van der Waals surface area contributed by atoms with Gasteiger partial charge in [-0.05, 0) is 90.0 Å². The number of allylic oxidation sites excluding steroid dienone is 7. The lowest BCUT2D eigenvalue weighted by Gasteiger charge is -2.20. The number of hydrogen-bond donors (Lipinski definition) is 2. The Morgan fingerprint density at radius 1 is 0.458 bits per heavy atom. The van der Waals surface area contributed by atoms with Gasteiger partial charge in [0, 0.05) is 45.7 Å². The van der Waals surface area contributed by atoms with Gasteiger partial charge in [-0.1, -0.05) is 167 Å². The number of carbonyl (C=O) groups excluding carboxylic acids is 5. The van der Waals surface area contributed by atoms with Crippen LogP contribution >= 0.6 is 0 Å². The topological polar surface area (TPSA) is 156 Å². The third-order valence-corrected chi connectivity index (χ3v) is 12.6. The molecule has 1 atom stereocenters. The van der Waals surface area contributed by atoms with E-state index in [0.29, 0.717) is 43.7 Å². The van der Waals surface area contributed by atoms with Gasteiger partial charge in [-0.3, -0.25) is 19.2 Å². The highest BCUT2D eigenvalue weighted by Gasteiger charge is 2.20. The smallest absolute Gasteiger partial charge is 0.344 e. The molecule has 0 rings (SSSR count). The van der Waals surface area contributed by atoms with E-state index in [4.69, 9.17) is 23.7 Å². The Bertz CT molecular complexity index is 1440. The van der Waals surface area contributed by atoms with Crippen molar-refractivity contribution in [3.8, 4) is 0 Å². The molecule has 12 heteroatoms. The molecule has 0 fully saturated rings. The molecular formula is C60H106N2O10. The van der Waals surface area contributed by atoms with Crippen LogP contribution in [0, 0.1) is 0 Å². The average molecular weight is 1020 g/mol. The minimum atomic E-state index is -0.958. The number of unbranched alkanes of at least 4 members (excludes halogenated alkanes) is 26. The second-order valence-corrected chi connectivity index (χ2v) is 19.4. The second-order valence-electron chi connectivity index (χ2n) is 19.4. The van der Waals surface area contributed by atoms with E-state index in [2.05, 4.69) is 55.4 Å². The number of rotatable bonds is 53. The van der Waals surface area contributed by atoms with E-state index in [-0.39, 0.29) is 57.1 Å². The summed E-state index contributed by atoms with van der Waals surface area (Å²) in [4.78, 5) is 61.8. The molecule has 0 bridgehead atoms.